The Hall–Kier alpha value is -0.220. The second-order valence-electron chi connectivity index (χ2n) is 6.39. The van der Waals surface area contributed by atoms with Crippen molar-refractivity contribution in [3.05, 3.63) is 0 Å². The lowest BCUT2D eigenvalue weighted by molar-refractivity contribution is -0.137. The van der Waals surface area contributed by atoms with E-state index < -0.39 is 5.97 Å². The molecule has 0 spiro atoms. The van der Waals surface area contributed by atoms with E-state index in [1.807, 2.05) is 0 Å². The third kappa shape index (κ3) is 14.7. The quantitative estimate of drug-likeness (QED) is 0.268. The minimum atomic E-state index is -0.706. The SMILES string of the molecule is CCCCCCCCC(S)C(O)CCCCCCCC(=O)O. The van der Waals surface area contributed by atoms with Gasteiger partial charge in [-0.15, -0.1) is 0 Å². The number of rotatable bonds is 16. The molecule has 0 aromatic carbocycles. The number of hydrogen-bond acceptors (Lipinski definition) is 3. The Labute approximate surface area is 142 Å². The summed E-state index contributed by atoms with van der Waals surface area (Å²) in [5.41, 5.74) is 0. The topological polar surface area (TPSA) is 57.5 Å². The van der Waals surface area contributed by atoms with Crippen molar-refractivity contribution in [1.82, 2.24) is 0 Å². The number of unbranched alkanes of at least 4 members (excludes halogenated alkanes) is 9. The van der Waals surface area contributed by atoms with Crippen molar-refractivity contribution in [1.29, 1.82) is 0 Å². The highest BCUT2D eigenvalue weighted by molar-refractivity contribution is 7.81. The Morgan fingerprint density at radius 2 is 1.36 bits per heavy atom. The van der Waals surface area contributed by atoms with Gasteiger partial charge in [-0.3, -0.25) is 4.79 Å². The molecular formula is C18H36O3S. The maximum Gasteiger partial charge on any atom is 0.303 e. The van der Waals surface area contributed by atoms with Gasteiger partial charge in [0.05, 0.1) is 6.10 Å². The number of hydrogen-bond donors (Lipinski definition) is 3. The van der Waals surface area contributed by atoms with E-state index in [-0.39, 0.29) is 17.8 Å². The molecule has 0 bridgehead atoms. The maximum absolute atomic E-state index is 10.4. The van der Waals surface area contributed by atoms with Crippen LogP contribution in [0.2, 0.25) is 0 Å². The summed E-state index contributed by atoms with van der Waals surface area (Å²) in [6.45, 7) is 2.23. The molecule has 22 heavy (non-hydrogen) atoms. The Kier molecular flexibility index (Phi) is 15.5. The van der Waals surface area contributed by atoms with E-state index in [2.05, 4.69) is 19.6 Å². The van der Waals surface area contributed by atoms with Crippen molar-refractivity contribution >= 4 is 18.6 Å². The van der Waals surface area contributed by atoms with Crippen molar-refractivity contribution in [3.63, 3.8) is 0 Å². The van der Waals surface area contributed by atoms with E-state index in [9.17, 15) is 9.90 Å². The highest BCUT2D eigenvalue weighted by atomic mass is 32.1. The molecule has 0 radical (unpaired) electrons. The summed E-state index contributed by atoms with van der Waals surface area (Å²) >= 11 is 4.53. The summed E-state index contributed by atoms with van der Waals surface area (Å²) in [5.74, 6) is -0.706. The summed E-state index contributed by atoms with van der Waals surface area (Å²) in [6.07, 6.45) is 14.4. The van der Waals surface area contributed by atoms with Crippen LogP contribution in [0.5, 0.6) is 0 Å². The van der Waals surface area contributed by atoms with E-state index in [4.69, 9.17) is 5.11 Å². The first kappa shape index (κ1) is 21.8. The fraction of sp³-hybridized carbons (Fsp3) is 0.944. The molecule has 0 fully saturated rings. The molecule has 2 unspecified atom stereocenters. The zero-order chi connectivity index (χ0) is 16.6. The molecule has 0 aliphatic carbocycles. The lowest BCUT2D eigenvalue weighted by Crippen LogP contribution is -2.20. The Bertz CT molecular complexity index is 259. The third-order valence-electron chi connectivity index (χ3n) is 4.19. The lowest BCUT2D eigenvalue weighted by Gasteiger charge is -2.18. The predicted octanol–water partition coefficient (Wildman–Crippen LogP) is 5.21. The van der Waals surface area contributed by atoms with Crippen LogP contribution >= 0.6 is 12.6 Å². The molecular weight excluding hydrogens is 296 g/mol. The Balaban J connectivity index is 3.38. The van der Waals surface area contributed by atoms with Crippen LogP contribution in [0.15, 0.2) is 0 Å². The molecule has 0 amide bonds. The van der Waals surface area contributed by atoms with Crippen molar-refractivity contribution in [3.8, 4) is 0 Å². The first-order valence-corrected chi connectivity index (χ1v) is 9.67. The van der Waals surface area contributed by atoms with Crippen LogP contribution < -0.4 is 0 Å². The first-order valence-electron chi connectivity index (χ1n) is 9.15. The van der Waals surface area contributed by atoms with Crippen LogP contribution in [-0.4, -0.2) is 27.5 Å². The van der Waals surface area contributed by atoms with E-state index >= 15 is 0 Å². The van der Waals surface area contributed by atoms with Crippen molar-refractivity contribution < 1.29 is 15.0 Å². The van der Waals surface area contributed by atoms with Gasteiger partial charge in [0.25, 0.3) is 0 Å². The van der Waals surface area contributed by atoms with E-state index in [1.165, 1.54) is 38.5 Å². The van der Waals surface area contributed by atoms with E-state index in [0.29, 0.717) is 0 Å². The molecule has 0 heterocycles. The summed E-state index contributed by atoms with van der Waals surface area (Å²) in [7, 11) is 0. The van der Waals surface area contributed by atoms with E-state index in [1.54, 1.807) is 0 Å². The summed E-state index contributed by atoms with van der Waals surface area (Å²) in [4.78, 5) is 10.4. The average Bonchev–Trinajstić information content (AvgIpc) is 2.49. The number of thiol groups is 1. The zero-order valence-electron chi connectivity index (χ0n) is 14.3. The van der Waals surface area contributed by atoms with Gasteiger partial charge in [-0.2, -0.15) is 12.6 Å². The summed E-state index contributed by atoms with van der Waals surface area (Å²) in [5, 5.41) is 18.7. The second-order valence-corrected chi connectivity index (χ2v) is 7.05. The van der Waals surface area contributed by atoms with Gasteiger partial charge in [0.1, 0.15) is 0 Å². The first-order chi connectivity index (χ1) is 10.6. The number of aliphatic hydroxyl groups is 1. The molecule has 0 aromatic heterocycles. The van der Waals surface area contributed by atoms with Gasteiger partial charge in [0.15, 0.2) is 0 Å². The smallest absolute Gasteiger partial charge is 0.303 e. The number of aliphatic hydroxyl groups excluding tert-OH is 1. The Morgan fingerprint density at radius 1 is 0.864 bits per heavy atom. The van der Waals surface area contributed by atoms with Gasteiger partial charge in [-0.05, 0) is 19.3 Å². The van der Waals surface area contributed by atoms with Gasteiger partial charge in [0.2, 0.25) is 0 Å². The largest absolute Gasteiger partial charge is 0.481 e. The number of aliphatic carboxylic acids is 1. The predicted molar refractivity (Wildman–Crippen MR) is 96.7 cm³/mol. The highest BCUT2D eigenvalue weighted by Crippen LogP contribution is 2.18. The second kappa shape index (κ2) is 15.7. The molecule has 4 heteroatoms. The molecule has 0 aliphatic rings. The molecule has 0 aliphatic heterocycles. The van der Waals surface area contributed by atoms with Crippen LogP contribution in [-0.2, 0) is 4.79 Å². The molecule has 0 aromatic rings. The molecule has 2 atom stereocenters. The fourth-order valence-electron chi connectivity index (χ4n) is 2.68. The monoisotopic (exact) mass is 332 g/mol. The van der Waals surface area contributed by atoms with Gasteiger partial charge in [0, 0.05) is 11.7 Å². The molecule has 132 valence electrons. The molecule has 0 saturated carbocycles. The van der Waals surface area contributed by atoms with E-state index in [0.717, 1.165) is 44.9 Å². The minimum absolute atomic E-state index is 0.109. The lowest BCUT2D eigenvalue weighted by atomic mass is 10.0. The van der Waals surface area contributed by atoms with Crippen LogP contribution in [0.1, 0.15) is 96.8 Å². The number of carbonyl (C=O) groups is 1. The minimum Gasteiger partial charge on any atom is -0.481 e. The van der Waals surface area contributed by atoms with Gasteiger partial charge in [-0.1, -0.05) is 71.1 Å². The normalized spacial score (nSPS) is 14.0. The molecule has 0 saturated heterocycles. The maximum atomic E-state index is 10.4. The molecule has 3 nitrogen and oxygen atoms in total. The van der Waals surface area contributed by atoms with Crippen molar-refractivity contribution in [2.24, 2.45) is 0 Å². The standard InChI is InChI=1S/C18H36O3S/c1-2-3-4-5-8-11-14-17(22)16(19)13-10-7-6-9-12-15-18(20)21/h16-17,19,22H,2-15H2,1H3,(H,20,21). The van der Waals surface area contributed by atoms with Gasteiger partial charge in [-0.25, -0.2) is 0 Å². The van der Waals surface area contributed by atoms with Crippen molar-refractivity contribution in [2.75, 3.05) is 0 Å². The summed E-state index contributed by atoms with van der Waals surface area (Å²) < 4.78 is 0. The highest BCUT2D eigenvalue weighted by Gasteiger charge is 2.14. The summed E-state index contributed by atoms with van der Waals surface area (Å²) in [6, 6.07) is 0. The number of carboxylic acid groups (broad SMARTS) is 1. The van der Waals surface area contributed by atoms with Crippen LogP contribution in [0.25, 0.3) is 0 Å². The number of carboxylic acids is 1. The van der Waals surface area contributed by atoms with Gasteiger partial charge < -0.3 is 10.2 Å². The third-order valence-corrected chi connectivity index (χ3v) is 4.79. The van der Waals surface area contributed by atoms with Crippen LogP contribution in [0.3, 0.4) is 0 Å². The van der Waals surface area contributed by atoms with Crippen LogP contribution in [0.4, 0.5) is 0 Å². The van der Waals surface area contributed by atoms with Crippen molar-refractivity contribution in [2.45, 2.75) is 108 Å². The zero-order valence-corrected chi connectivity index (χ0v) is 15.2. The van der Waals surface area contributed by atoms with Crippen LogP contribution in [0, 0.1) is 0 Å². The Morgan fingerprint density at radius 3 is 1.95 bits per heavy atom. The molecule has 2 N–H and O–H groups in total. The average molecular weight is 333 g/mol. The fourth-order valence-corrected chi connectivity index (χ4v) is 3.01. The molecule has 0 rings (SSSR count). The van der Waals surface area contributed by atoms with Gasteiger partial charge >= 0.3 is 5.97 Å².